The first-order valence-corrected chi connectivity index (χ1v) is 9.43. The van der Waals surface area contributed by atoms with Crippen LogP contribution in [0.1, 0.15) is 12.5 Å². The molecule has 0 aliphatic carbocycles. The number of amides is 3. The van der Waals surface area contributed by atoms with E-state index in [2.05, 4.69) is 10.6 Å². The molecule has 4 N–H and O–H groups in total. The maximum atomic E-state index is 12.5. The van der Waals surface area contributed by atoms with Crippen molar-refractivity contribution in [1.82, 2.24) is 5.32 Å². The molecular formula is C21H23N3O6. The van der Waals surface area contributed by atoms with E-state index in [1.165, 1.54) is 6.92 Å². The molecule has 1 aliphatic heterocycles. The van der Waals surface area contributed by atoms with E-state index >= 15 is 0 Å². The maximum absolute atomic E-state index is 12.5. The second-order valence-electron chi connectivity index (χ2n) is 6.68. The van der Waals surface area contributed by atoms with Gasteiger partial charge in [-0.05, 0) is 24.6 Å². The highest BCUT2D eigenvalue weighted by molar-refractivity contribution is 5.96. The Labute approximate surface area is 173 Å². The van der Waals surface area contributed by atoms with Crippen molar-refractivity contribution in [3.05, 3.63) is 54.1 Å². The van der Waals surface area contributed by atoms with Gasteiger partial charge in [-0.3, -0.25) is 4.79 Å². The van der Waals surface area contributed by atoms with Gasteiger partial charge in [-0.15, -0.1) is 0 Å². The third-order valence-electron chi connectivity index (χ3n) is 4.36. The molecule has 0 aromatic heterocycles. The molecule has 0 radical (unpaired) electrons. The number of hydrogen-bond donors (Lipinski definition) is 3. The number of primary amides is 1. The zero-order valence-electron chi connectivity index (χ0n) is 16.4. The van der Waals surface area contributed by atoms with E-state index in [0.717, 1.165) is 5.56 Å². The predicted molar refractivity (Wildman–Crippen MR) is 108 cm³/mol. The minimum absolute atomic E-state index is 0.180. The van der Waals surface area contributed by atoms with E-state index in [-0.39, 0.29) is 6.42 Å². The van der Waals surface area contributed by atoms with E-state index in [0.29, 0.717) is 30.4 Å². The lowest BCUT2D eigenvalue weighted by atomic mass is 10.1. The summed E-state index contributed by atoms with van der Waals surface area (Å²) in [4.78, 5) is 36.3. The molecule has 2 aromatic rings. The fourth-order valence-electron chi connectivity index (χ4n) is 2.89. The van der Waals surface area contributed by atoms with E-state index in [1.54, 1.807) is 30.3 Å². The van der Waals surface area contributed by atoms with Crippen molar-refractivity contribution < 1.29 is 28.6 Å². The van der Waals surface area contributed by atoms with E-state index in [4.69, 9.17) is 19.9 Å². The van der Waals surface area contributed by atoms with Crippen molar-refractivity contribution in [1.29, 1.82) is 0 Å². The molecule has 9 heteroatoms. The predicted octanol–water partition coefficient (Wildman–Crippen LogP) is 1.61. The third-order valence-corrected chi connectivity index (χ3v) is 4.36. The lowest BCUT2D eigenvalue weighted by Gasteiger charge is -2.21. The number of anilines is 1. The summed E-state index contributed by atoms with van der Waals surface area (Å²) < 4.78 is 16.2. The Hall–Kier alpha value is -3.75. The van der Waals surface area contributed by atoms with E-state index in [1.807, 2.05) is 18.2 Å². The Bertz CT molecular complexity index is 918. The van der Waals surface area contributed by atoms with Crippen LogP contribution in [0.25, 0.3) is 0 Å². The first kappa shape index (κ1) is 21.0. The third kappa shape index (κ3) is 5.63. The molecule has 9 nitrogen and oxygen atoms in total. The van der Waals surface area contributed by atoms with Gasteiger partial charge in [0.15, 0.2) is 17.6 Å². The van der Waals surface area contributed by atoms with Gasteiger partial charge >= 0.3 is 12.0 Å². The Morgan fingerprint density at radius 1 is 1.07 bits per heavy atom. The monoisotopic (exact) mass is 413 g/mol. The van der Waals surface area contributed by atoms with Crippen LogP contribution in [0.4, 0.5) is 10.5 Å². The van der Waals surface area contributed by atoms with Crippen LogP contribution in [-0.4, -0.2) is 43.3 Å². The van der Waals surface area contributed by atoms with Gasteiger partial charge in [-0.25, -0.2) is 9.59 Å². The number of hydrogen-bond acceptors (Lipinski definition) is 6. The van der Waals surface area contributed by atoms with Gasteiger partial charge in [0.25, 0.3) is 5.91 Å². The summed E-state index contributed by atoms with van der Waals surface area (Å²) in [6.07, 6.45) is -0.919. The number of esters is 1. The van der Waals surface area contributed by atoms with Crippen molar-refractivity contribution in [2.75, 3.05) is 18.5 Å². The fourth-order valence-corrected chi connectivity index (χ4v) is 2.89. The summed E-state index contributed by atoms with van der Waals surface area (Å²) in [6.45, 7) is 2.33. The van der Waals surface area contributed by atoms with Crippen LogP contribution in [0.5, 0.6) is 11.5 Å². The van der Waals surface area contributed by atoms with Crippen molar-refractivity contribution in [2.45, 2.75) is 25.5 Å². The number of nitrogens with two attached hydrogens (primary N) is 1. The summed E-state index contributed by atoms with van der Waals surface area (Å²) in [5, 5.41) is 5.02. The van der Waals surface area contributed by atoms with Gasteiger partial charge in [0.1, 0.15) is 19.3 Å². The first-order chi connectivity index (χ1) is 14.4. The molecule has 2 aromatic carbocycles. The van der Waals surface area contributed by atoms with Gasteiger partial charge in [-0.1, -0.05) is 30.3 Å². The number of ether oxygens (including phenoxy) is 3. The smallest absolute Gasteiger partial charge is 0.329 e. The van der Waals surface area contributed by atoms with E-state index in [9.17, 15) is 14.4 Å². The standard InChI is InChI=1S/C21H23N3O6/c1-13(19(25)23-15-7-8-17-18(12-15)29-10-9-28-17)30-20(26)16(24-21(22)27)11-14-5-3-2-4-6-14/h2-8,12-13,16H,9-11H2,1H3,(H,23,25)(H3,22,24,27)/t13-,16+/m1/s1. The highest BCUT2D eigenvalue weighted by atomic mass is 16.6. The molecular weight excluding hydrogens is 390 g/mol. The maximum Gasteiger partial charge on any atom is 0.329 e. The highest BCUT2D eigenvalue weighted by Gasteiger charge is 2.26. The molecule has 2 atom stereocenters. The average molecular weight is 413 g/mol. The first-order valence-electron chi connectivity index (χ1n) is 9.43. The molecule has 3 amide bonds. The zero-order chi connectivity index (χ0) is 21.5. The van der Waals surface area contributed by atoms with Crippen molar-refractivity contribution in [3.63, 3.8) is 0 Å². The van der Waals surface area contributed by atoms with Crippen molar-refractivity contribution >= 4 is 23.6 Å². The zero-order valence-corrected chi connectivity index (χ0v) is 16.4. The van der Waals surface area contributed by atoms with Crippen LogP contribution in [0.2, 0.25) is 0 Å². The number of benzene rings is 2. The molecule has 1 heterocycles. The molecule has 30 heavy (non-hydrogen) atoms. The lowest BCUT2D eigenvalue weighted by molar-refractivity contribution is -0.155. The SMILES string of the molecule is C[C@@H](OC(=O)[C@H](Cc1ccccc1)NC(N)=O)C(=O)Nc1ccc2c(c1)OCCO2. The van der Waals surface area contributed by atoms with Crippen LogP contribution in [-0.2, 0) is 20.7 Å². The topological polar surface area (TPSA) is 129 Å². The molecule has 0 saturated heterocycles. The molecule has 158 valence electrons. The second-order valence-corrected chi connectivity index (χ2v) is 6.68. The highest BCUT2D eigenvalue weighted by Crippen LogP contribution is 2.32. The average Bonchev–Trinajstić information content (AvgIpc) is 2.73. The Balaban J connectivity index is 1.60. The number of nitrogens with one attached hydrogen (secondary N) is 2. The molecule has 1 aliphatic rings. The Morgan fingerprint density at radius 2 is 1.77 bits per heavy atom. The molecule has 0 spiro atoms. The van der Waals surface area contributed by atoms with Crippen molar-refractivity contribution in [2.24, 2.45) is 5.73 Å². The largest absolute Gasteiger partial charge is 0.486 e. The van der Waals surface area contributed by atoms with E-state index < -0.39 is 30.1 Å². The van der Waals surface area contributed by atoms with Gasteiger partial charge in [-0.2, -0.15) is 0 Å². The molecule has 0 bridgehead atoms. The van der Waals surface area contributed by atoms with Crippen LogP contribution in [0, 0.1) is 0 Å². The van der Waals surface area contributed by atoms with Crippen LogP contribution >= 0.6 is 0 Å². The fraction of sp³-hybridized carbons (Fsp3) is 0.286. The van der Waals surface area contributed by atoms with Crippen LogP contribution < -0.4 is 25.8 Å². The van der Waals surface area contributed by atoms with Gasteiger partial charge in [0, 0.05) is 18.2 Å². The van der Waals surface area contributed by atoms with Crippen LogP contribution in [0.3, 0.4) is 0 Å². The number of urea groups is 1. The van der Waals surface area contributed by atoms with Crippen molar-refractivity contribution in [3.8, 4) is 11.5 Å². The number of fused-ring (bicyclic) bond motifs is 1. The van der Waals surface area contributed by atoms with Crippen LogP contribution in [0.15, 0.2) is 48.5 Å². The second kappa shape index (κ2) is 9.64. The minimum atomic E-state index is -1.10. The quantitative estimate of drug-likeness (QED) is 0.592. The summed E-state index contributed by atoms with van der Waals surface area (Å²) in [5.41, 5.74) is 6.46. The number of carbonyl (C=O) groups is 3. The molecule has 0 unspecified atom stereocenters. The summed E-state index contributed by atoms with van der Waals surface area (Å²) in [7, 11) is 0. The summed E-state index contributed by atoms with van der Waals surface area (Å²) >= 11 is 0. The van der Waals surface area contributed by atoms with Gasteiger partial charge in [0.05, 0.1) is 0 Å². The normalized spacial score (nSPS) is 14.2. The van der Waals surface area contributed by atoms with Gasteiger partial charge in [0.2, 0.25) is 0 Å². The Kier molecular flexibility index (Phi) is 6.74. The van der Waals surface area contributed by atoms with Gasteiger partial charge < -0.3 is 30.6 Å². The summed E-state index contributed by atoms with van der Waals surface area (Å²) in [6, 6.07) is 12.2. The molecule has 3 rings (SSSR count). The Morgan fingerprint density at radius 3 is 2.47 bits per heavy atom. The molecule has 0 saturated carbocycles. The molecule has 0 fully saturated rings. The lowest BCUT2D eigenvalue weighted by Crippen LogP contribution is -2.47. The summed E-state index contributed by atoms with van der Waals surface area (Å²) in [5.74, 6) is -0.169. The minimum Gasteiger partial charge on any atom is -0.486 e. The number of rotatable bonds is 7. The number of carbonyl (C=O) groups excluding carboxylic acids is 3.